The van der Waals surface area contributed by atoms with Crippen LogP contribution in [0.1, 0.15) is 13.3 Å². The number of nitrogens with two attached hydrogens (primary N) is 1. The van der Waals surface area contributed by atoms with E-state index in [-0.39, 0.29) is 12.0 Å². The predicted molar refractivity (Wildman–Crippen MR) is 43.5 cm³/mol. The van der Waals surface area contributed by atoms with Gasteiger partial charge in [-0.25, -0.2) is 0 Å². The van der Waals surface area contributed by atoms with Crippen LogP contribution in [0.15, 0.2) is 0 Å². The summed E-state index contributed by atoms with van der Waals surface area (Å²) in [4.78, 5) is 11.3. The van der Waals surface area contributed by atoms with Gasteiger partial charge in [0.25, 0.3) is 0 Å². The van der Waals surface area contributed by atoms with Gasteiger partial charge in [-0.3, -0.25) is 4.79 Å². The lowest BCUT2D eigenvalue weighted by Crippen LogP contribution is -2.52. The third-order valence-corrected chi connectivity index (χ3v) is 2.53. The zero-order chi connectivity index (χ0) is 9.19. The fraction of sp³-hybridized carbons (Fsp3) is 0.875. The maximum Gasteiger partial charge on any atom is 0.313 e. The largest absolute Gasteiger partial charge is 0.469 e. The van der Waals surface area contributed by atoms with E-state index in [0.717, 1.165) is 0 Å². The highest BCUT2D eigenvalue weighted by Crippen LogP contribution is 2.29. The third-order valence-electron chi connectivity index (χ3n) is 2.53. The van der Waals surface area contributed by atoms with Crippen LogP contribution >= 0.6 is 0 Å². The number of esters is 1. The Morgan fingerprint density at radius 1 is 1.75 bits per heavy atom. The second-order valence-corrected chi connectivity index (χ2v) is 3.34. The molecule has 0 aromatic carbocycles. The van der Waals surface area contributed by atoms with Crippen molar-refractivity contribution in [3.8, 4) is 0 Å². The van der Waals surface area contributed by atoms with Gasteiger partial charge in [0.05, 0.1) is 19.1 Å². The van der Waals surface area contributed by atoms with E-state index in [4.69, 9.17) is 10.5 Å². The summed E-state index contributed by atoms with van der Waals surface area (Å²) in [5, 5.41) is 0. The van der Waals surface area contributed by atoms with Gasteiger partial charge in [0.2, 0.25) is 0 Å². The summed E-state index contributed by atoms with van der Waals surface area (Å²) in [6, 6.07) is -0.251. The topological polar surface area (TPSA) is 61.5 Å². The van der Waals surface area contributed by atoms with Crippen molar-refractivity contribution in [2.24, 2.45) is 11.1 Å². The normalized spacial score (nSPS) is 36.1. The first-order valence-corrected chi connectivity index (χ1v) is 4.03. The molecule has 1 heterocycles. The van der Waals surface area contributed by atoms with Gasteiger partial charge in [-0.1, -0.05) is 0 Å². The van der Waals surface area contributed by atoms with Crippen LogP contribution in [0, 0.1) is 5.41 Å². The average molecular weight is 173 g/mol. The molecule has 0 aromatic rings. The molecule has 70 valence electrons. The van der Waals surface area contributed by atoms with Gasteiger partial charge < -0.3 is 15.2 Å². The van der Waals surface area contributed by atoms with Crippen LogP contribution in [0.2, 0.25) is 0 Å². The summed E-state index contributed by atoms with van der Waals surface area (Å²) >= 11 is 0. The molecule has 1 saturated heterocycles. The van der Waals surface area contributed by atoms with E-state index in [1.165, 1.54) is 7.11 Å². The SMILES string of the molecule is COC(=O)C1(C)CCOCC1N. The van der Waals surface area contributed by atoms with E-state index >= 15 is 0 Å². The fourth-order valence-electron chi connectivity index (χ4n) is 1.35. The molecule has 4 nitrogen and oxygen atoms in total. The van der Waals surface area contributed by atoms with Gasteiger partial charge in [-0.2, -0.15) is 0 Å². The minimum absolute atomic E-state index is 0.238. The number of rotatable bonds is 1. The van der Waals surface area contributed by atoms with E-state index in [0.29, 0.717) is 19.6 Å². The van der Waals surface area contributed by atoms with Crippen molar-refractivity contribution < 1.29 is 14.3 Å². The van der Waals surface area contributed by atoms with Gasteiger partial charge >= 0.3 is 5.97 Å². The fourth-order valence-corrected chi connectivity index (χ4v) is 1.35. The van der Waals surface area contributed by atoms with Crippen molar-refractivity contribution in [3.63, 3.8) is 0 Å². The zero-order valence-electron chi connectivity index (χ0n) is 7.50. The van der Waals surface area contributed by atoms with E-state index in [1.807, 2.05) is 6.92 Å². The molecule has 4 heteroatoms. The molecule has 2 unspecified atom stereocenters. The summed E-state index contributed by atoms with van der Waals surface area (Å²) in [7, 11) is 1.38. The first-order valence-electron chi connectivity index (χ1n) is 4.03. The monoisotopic (exact) mass is 173 g/mol. The summed E-state index contributed by atoms with van der Waals surface area (Å²) in [6.07, 6.45) is 0.640. The summed E-state index contributed by atoms with van der Waals surface area (Å²) in [6.45, 7) is 2.84. The van der Waals surface area contributed by atoms with Crippen LogP contribution in [0.4, 0.5) is 0 Å². The number of hydrogen-bond acceptors (Lipinski definition) is 4. The van der Waals surface area contributed by atoms with Crippen molar-refractivity contribution in [2.75, 3.05) is 20.3 Å². The first kappa shape index (κ1) is 9.48. The second kappa shape index (κ2) is 3.41. The predicted octanol–water partition coefficient (Wildman–Crippen LogP) is -0.0867. The molecule has 1 fully saturated rings. The van der Waals surface area contributed by atoms with Gasteiger partial charge in [0, 0.05) is 12.6 Å². The van der Waals surface area contributed by atoms with Crippen LogP contribution in [0.25, 0.3) is 0 Å². The summed E-state index contributed by atoms with van der Waals surface area (Å²) in [5.41, 5.74) is 5.20. The molecule has 1 rings (SSSR count). The average Bonchev–Trinajstić information content (AvgIpc) is 2.09. The minimum atomic E-state index is -0.562. The Hall–Kier alpha value is -0.610. The van der Waals surface area contributed by atoms with E-state index in [1.54, 1.807) is 0 Å². The number of methoxy groups -OCH3 is 1. The van der Waals surface area contributed by atoms with Crippen LogP contribution in [-0.2, 0) is 14.3 Å². The quantitative estimate of drug-likeness (QED) is 0.563. The Kier molecular flexibility index (Phi) is 2.69. The minimum Gasteiger partial charge on any atom is -0.469 e. The van der Waals surface area contributed by atoms with Crippen LogP contribution in [0.5, 0.6) is 0 Å². The first-order chi connectivity index (χ1) is 5.61. The molecular weight excluding hydrogens is 158 g/mol. The van der Waals surface area contributed by atoms with E-state index < -0.39 is 5.41 Å². The van der Waals surface area contributed by atoms with E-state index in [2.05, 4.69) is 4.74 Å². The summed E-state index contributed by atoms with van der Waals surface area (Å²) < 4.78 is 9.83. The molecule has 0 radical (unpaired) electrons. The number of carbonyl (C=O) groups excluding carboxylic acids is 1. The maximum absolute atomic E-state index is 11.3. The molecular formula is C8H15NO3. The standard InChI is InChI=1S/C8H15NO3/c1-8(7(10)11-2)3-4-12-5-6(8)9/h6H,3-5,9H2,1-2H3. The smallest absolute Gasteiger partial charge is 0.313 e. The van der Waals surface area contributed by atoms with Crippen molar-refractivity contribution in [1.29, 1.82) is 0 Å². The van der Waals surface area contributed by atoms with Crippen molar-refractivity contribution >= 4 is 5.97 Å². The molecule has 0 saturated carbocycles. The molecule has 1 aliphatic rings. The van der Waals surface area contributed by atoms with Crippen molar-refractivity contribution in [3.05, 3.63) is 0 Å². The molecule has 1 aliphatic heterocycles. The van der Waals surface area contributed by atoms with Crippen LogP contribution in [-0.4, -0.2) is 32.3 Å². The Morgan fingerprint density at radius 3 is 2.92 bits per heavy atom. The molecule has 2 atom stereocenters. The molecule has 12 heavy (non-hydrogen) atoms. The van der Waals surface area contributed by atoms with Crippen molar-refractivity contribution in [2.45, 2.75) is 19.4 Å². The number of carbonyl (C=O) groups is 1. The molecule has 2 N–H and O–H groups in total. The molecule has 0 spiro atoms. The highest BCUT2D eigenvalue weighted by atomic mass is 16.5. The maximum atomic E-state index is 11.3. The summed E-state index contributed by atoms with van der Waals surface area (Å²) in [5.74, 6) is -0.238. The lowest BCUT2D eigenvalue weighted by atomic mass is 9.79. The second-order valence-electron chi connectivity index (χ2n) is 3.34. The van der Waals surface area contributed by atoms with Crippen LogP contribution < -0.4 is 5.73 Å². The highest BCUT2D eigenvalue weighted by Gasteiger charge is 2.42. The lowest BCUT2D eigenvalue weighted by molar-refractivity contribution is -0.158. The lowest BCUT2D eigenvalue weighted by Gasteiger charge is -2.36. The number of ether oxygens (including phenoxy) is 2. The molecule has 0 aromatic heterocycles. The van der Waals surface area contributed by atoms with Crippen LogP contribution in [0.3, 0.4) is 0 Å². The highest BCUT2D eigenvalue weighted by molar-refractivity contribution is 5.77. The molecule has 0 amide bonds. The Bertz CT molecular complexity index is 183. The van der Waals surface area contributed by atoms with Gasteiger partial charge in [-0.15, -0.1) is 0 Å². The van der Waals surface area contributed by atoms with Gasteiger partial charge in [0.15, 0.2) is 0 Å². The molecule has 0 aliphatic carbocycles. The third kappa shape index (κ3) is 1.44. The van der Waals surface area contributed by atoms with Gasteiger partial charge in [0.1, 0.15) is 0 Å². The van der Waals surface area contributed by atoms with Gasteiger partial charge in [-0.05, 0) is 13.3 Å². The van der Waals surface area contributed by atoms with Crippen molar-refractivity contribution in [1.82, 2.24) is 0 Å². The number of hydrogen-bond donors (Lipinski definition) is 1. The Morgan fingerprint density at radius 2 is 2.42 bits per heavy atom. The zero-order valence-corrected chi connectivity index (χ0v) is 7.50. The Balaban J connectivity index is 2.72. The van der Waals surface area contributed by atoms with E-state index in [9.17, 15) is 4.79 Å². The molecule has 0 bridgehead atoms. The Labute approximate surface area is 72.0 Å².